The van der Waals surface area contributed by atoms with Gasteiger partial charge in [0.15, 0.2) is 20.5 Å². The quantitative estimate of drug-likeness (QED) is 0.174. The zero-order valence-electron chi connectivity index (χ0n) is 21.0. The molecular weight excluding hydrogens is 566 g/mol. The van der Waals surface area contributed by atoms with Crippen molar-refractivity contribution in [1.82, 2.24) is 15.4 Å². The number of aliphatic hydroxyl groups is 1. The van der Waals surface area contributed by atoms with Gasteiger partial charge in [0.1, 0.15) is 0 Å². The molecule has 0 radical (unpaired) electrons. The fraction of sp³-hybridized carbons (Fsp3) is 0.391. The monoisotopic (exact) mass is 593 g/mol. The Hall–Kier alpha value is -2.81. The van der Waals surface area contributed by atoms with Gasteiger partial charge in [-0.1, -0.05) is 39.0 Å². The van der Waals surface area contributed by atoms with Crippen molar-refractivity contribution in [2.45, 2.75) is 55.8 Å². The molecule has 2 heterocycles. The number of sulfone groups is 1. The maximum absolute atomic E-state index is 14.3. The molecule has 11 nitrogen and oxygen atoms in total. The maximum Gasteiger partial charge on any atom is 0.491 e. The first-order valence-corrected chi connectivity index (χ1v) is 14.6. The van der Waals surface area contributed by atoms with Crippen LogP contribution in [0.5, 0.6) is 0 Å². The topological polar surface area (TPSA) is 179 Å². The van der Waals surface area contributed by atoms with Crippen molar-refractivity contribution in [3.8, 4) is 0 Å². The molecule has 0 aliphatic carbocycles. The molecule has 0 aliphatic rings. The third-order valence-electron chi connectivity index (χ3n) is 6.14. The smallest absolute Gasteiger partial charge is 0.380 e. The number of aromatic nitrogens is 2. The largest absolute Gasteiger partial charge is 0.491 e. The van der Waals surface area contributed by atoms with Gasteiger partial charge in [-0.2, -0.15) is 17.8 Å². The van der Waals surface area contributed by atoms with Crippen molar-refractivity contribution in [2.24, 2.45) is 0 Å². The number of pyridine rings is 1. The number of phosphoric acid groups is 1. The fourth-order valence-electron chi connectivity index (χ4n) is 4.32. The van der Waals surface area contributed by atoms with E-state index in [0.717, 1.165) is 0 Å². The van der Waals surface area contributed by atoms with Crippen molar-refractivity contribution in [1.29, 1.82) is 0 Å². The van der Waals surface area contributed by atoms with Crippen LogP contribution in [0.25, 0.3) is 10.9 Å². The normalized spacial score (nSPS) is 14.8. The lowest BCUT2D eigenvalue weighted by Gasteiger charge is -2.38. The molecule has 0 unspecified atom stereocenters. The second-order valence-corrected chi connectivity index (χ2v) is 13.0. The minimum Gasteiger partial charge on any atom is -0.380 e. The highest BCUT2D eigenvalue weighted by Gasteiger charge is 2.56. The number of hydroxylamine groups is 1. The number of halogens is 3. The first-order valence-electron chi connectivity index (χ1n) is 11.4. The van der Waals surface area contributed by atoms with Crippen LogP contribution in [0.15, 0.2) is 47.6 Å². The van der Waals surface area contributed by atoms with Gasteiger partial charge in [0.25, 0.3) is 5.91 Å². The Labute approximate surface area is 221 Å². The molecular formula is C23H27F3N3O8PS. The highest BCUT2D eigenvalue weighted by atomic mass is 32.2. The molecule has 16 heteroatoms. The van der Waals surface area contributed by atoms with Crippen molar-refractivity contribution in [3.05, 3.63) is 59.4 Å². The number of rotatable bonds is 10. The maximum atomic E-state index is 14.3. The van der Waals surface area contributed by atoms with Gasteiger partial charge in [-0.15, -0.1) is 0 Å². The van der Waals surface area contributed by atoms with E-state index in [1.54, 1.807) is 5.48 Å². The number of aromatic amines is 1. The number of carbonyl (C=O) groups excluding carboxylic acids is 1. The summed E-state index contributed by atoms with van der Waals surface area (Å²) in [4.78, 5) is 36.8. The van der Waals surface area contributed by atoms with Crippen LogP contribution in [0, 0.1) is 0 Å². The average Bonchev–Trinajstić information content (AvgIpc) is 3.22. The van der Waals surface area contributed by atoms with Crippen molar-refractivity contribution < 1.29 is 50.5 Å². The number of nitrogens with zero attached hydrogens (tertiary/aromatic N) is 1. The Bertz CT molecular complexity index is 1530. The molecule has 5 N–H and O–H groups in total. The van der Waals surface area contributed by atoms with E-state index in [2.05, 4.69) is 14.6 Å². The van der Waals surface area contributed by atoms with E-state index < -0.39 is 53.6 Å². The third kappa shape index (κ3) is 7.04. The summed E-state index contributed by atoms with van der Waals surface area (Å²) in [6, 6.07) is 7.97. The molecule has 0 saturated carbocycles. The number of nitrogens with one attached hydrogen (secondary N) is 2. The molecule has 0 spiro atoms. The van der Waals surface area contributed by atoms with Crippen LogP contribution < -0.4 is 5.48 Å². The van der Waals surface area contributed by atoms with E-state index in [4.69, 9.17) is 9.79 Å². The first-order chi connectivity index (χ1) is 17.8. The minimum atomic E-state index is -5.13. The number of amides is 1. The minimum absolute atomic E-state index is 0.0328. The van der Waals surface area contributed by atoms with Crippen LogP contribution in [0.3, 0.4) is 0 Å². The summed E-state index contributed by atoms with van der Waals surface area (Å²) in [5.41, 5.74) is -3.16. The van der Waals surface area contributed by atoms with Gasteiger partial charge < -0.3 is 19.9 Å². The molecule has 1 aromatic carbocycles. The SMILES string of the molecule is CCS(=O)(=O)c1cc2cc(C[C@](O)(CC(C)(C)c3ccccc3C(=O)NOP(=O)(O)O)C(F)(F)F)[nH]c2cn1. The van der Waals surface area contributed by atoms with E-state index in [1.807, 2.05) is 0 Å². The molecule has 1 amide bonds. The lowest BCUT2D eigenvalue weighted by Crippen LogP contribution is -2.51. The van der Waals surface area contributed by atoms with Gasteiger partial charge in [-0.25, -0.2) is 23.4 Å². The van der Waals surface area contributed by atoms with Gasteiger partial charge in [-0.3, -0.25) is 4.79 Å². The lowest BCUT2D eigenvalue weighted by atomic mass is 9.72. The predicted molar refractivity (Wildman–Crippen MR) is 133 cm³/mol. The third-order valence-corrected chi connectivity index (χ3v) is 8.09. The molecule has 0 bridgehead atoms. The van der Waals surface area contributed by atoms with Gasteiger partial charge in [0.2, 0.25) is 0 Å². The molecule has 2 aromatic heterocycles. The van der Waals surface area contributed by atoms with E-state index >= 15 is 0 Å². The molecule has 3 rings (SSSR count). The summed E-state index contributed by atoms with van der Waals surface area (Å²) in [7, 11) is -8.74. The average molecular weight is 594 g/mol. The fourth-order valence-corrected chi connectivity index (χ4v) is 5.33. The van der Waals surface area contributed by atoms with E-state index in [0.29, 0.717) is 5.39 Å². The number of benzene rings is 1. The Balaban J connectivity index is 1.97. The molecule has 0 saturated heterocycles. The number of hydrogen-bond acceptors (Lipinski definition) is 7. The van der Waals surface area contributed by atoms with Crippen molar-refractivity contribution in [3.63, 3.8) is 0 Å². The molecule has 0 aliphatic heterocycles. The standard InChI is InChI=1S/C23H27F3N3O8PS/c1-4-39(35,36)19-10-14-9-15(28-18(14)12-27-19)11-22(31,23(24,25)26)13-21(2,3)17-8-6-5-7-16(17)20(30)29-37-38(32,33)34/h5-10,12,28,31H,4,11,13H2,1-3H3,(H,29,30)(H2,32,33,34)/t22-/m0/s1. The second kappa shape index (κ2) is 10.6. The summed E-state index contributed by atoms with van der Waals surface area (Å²) in [5.74, 6) is -1.32. The Kier molecular flexibility index (Phi) is 8.38. The summed E-state index contributed by atoms with van der Waals surface area (Å²) in [6.45, 7) is 4.18. The van der Waals surface area contributed by atoms with E-state index in [9.17, 15) is 36.1 Å². The molecule has 3 aromatic rings. The van der Waals surface area contributed by atoms with E-state index in [-0.39, 0.29) is 33.1 Å². The zero-order chi connectivity index (χ0) is 29.4. The van der Waals surface area contributed by atoms with Crippen LogP contribution in [-0.2, 0) is 30.9 Å². The zero-order valence-corrected chi connectivity index (χ0v) is 22.7. The van der Waals surface area contributed by atoms with Gasteiger partial charge in [-0.05, 0) is 35.6 Å². The summed E-state index contributed by atoms with van der Waals surface area (Å²) < 4.78 is 82.2. The van der Waals surface area contributed by atoms with Crippen LogP contribution in [0.4, 0.5) is 13.2 Å². The van der Waals surface area contributed by atoms with Gasteiger partial charge in [0.05, 0.1) is 17.5 Å². The molecule has 214 valence electrons. The first kappa shape index (κ1) is 30.7. The van der Waals surface area contributed by atoms with Crippen LogP contribution in [0.2, 0.25) is 0 Å². The summed E-state index contributed by atoms with van der Waals surface area (Å²) in [6.07, 6.45) is -5.79. The summed E-state index contributed by atoms with van der Waals surface area (Å²) in [5, 5.41) is 11.1. The molecule has 1 atom stereocenters. The predicted octanol–water partition coefficient (Wildman–Crippen LogP) is 3.31. The Morgan fingerprint density at radius 1 is 1.18 bits per heavy atom. The van der Waals surface area contributed by atoms with Gasteiger partial charge >= 0.3 is 14.0 Å². The summed E-state index contributed by atoms with van der Waals surface area (Å²) >= 11 is 0. The van der Waals surface area contributed by atoms with Gasteiger partial charge in [0, 0.05) is 23.1 Å². The Morgan fingerprint density at radius 3 is 2.41 bits per heavy atom. The highest BCUT2D eigenvalue weighted by Crippen LogP contribution is 2.44. The second-order valence-electron chi connectivity index (χ2n) is 9.63. The number of carbonyl (C=O) groups is 1. The van der Waals surface area contributed by atoms with Crippen molar-refractivity contribution in [2.75, 3.05) is 5.75 Å². The van der Waals surface area contributed by atoms with Crippen LogP contribution >= 0.6 is 7.82 Å². The van der Waals surface area contributed by atoms with Crippen LogP contribution in [0.1, 0.15) is 48.8 Å². The Morgan fingerprint density at radius 2 is 1.82 bits per heavy atom. The molecule has 0 fully saturated rings. The van der Waals surface area contributed by atoms with Crippen LogP contribution in [-0.4, -0.2) is 56.7 Å². The molecule has 39 heavy (non-hydrogen) atoms. The number of H-pyrrole nitrogens is 1. The number of alkyl halides is 3. The lowest BCUT2D eigenvalue weighted by molar-refractivity contribution is -0.266. The highest BCUT2D eigenvalue weighted by molar-refractivity contribution is 7.91. The van der Waals surface area contributed by atoms with E-state index in [1.165, 1.54) is 63.4 Å². The number of fused-ring (bicyclic) bond motifs is 1. The number of hydrogen-bond donors (Lipinski definition) is 5. The van der Waals surface area contributed by atoms with Crippen molar-refractivity contribution >= 4 is 34.5 Å².